The van der Waals surface area contributed by atoms with Gasteiger partial charge in [-0.05, 0) is 36.2 Å². The fourth-order valence-electron chi connectivity index (χ4n) is 3.71. The lowest BCUT2D eigenvalue weighted by Crippen LogP contribution is -2.33. The Hall–Kier alpha value is -3.98. The maximum Gasteiger partial charge on any atom is 0.346 e. The molecule has 3 aromatic heterocycles. The normalized spacial score (nSPS) is 16.0. The molecule has 1 atom stereocenters. The standard InChI is InChI=1S/C22H21N7O2/c1-14-18(25-22(30)29-19(8-10-31-29)15-5-3-2-4-6-15)11-17(13-24-14)16-7-9-28-20(12-16)26-21(23)27-28/h2-7,9,11-13,19H,8,10H2,1H3,(H2,23,27)(H,25,30)/t19-/m0/s1. The van der Waals surface area contributed by atoms with Crippen molar-refractivity contribution >= 4 is 23.3 Å². The summed E-state index contributed by atoms with van der Waals surface area (Å²) in [7, 11) is 0. The van der Waals surface area contributed by atoms with Crippen LogP contribution in [0.1, 0.15) is 23.7 Å². The van der Waals surface area contributed by atoms with Gasteiger partial charge >= 0.3 is 6.03 Å². The smallest absolute Gasteiger partial charge is 0.346 e. The van der Waals surface area contributed by atoms with E-state index in [0.717, 1.165) is 23.1 Å². The van der Waals surface area contributed by atoms with E-state index in [1.54, 1.807) is 16.9 Å². The molecule has 1 aliphatic rings. The lowest BCUT2D eigenvalue weighted by atomic mass is 10.1. The zero-order valence-corrected chi connectivity index (χ0v) is 16.9. The van der Waals surface area contributed by atoms with Crippen LogP contribution in [-0.2, 0) is 4.84 Å². The second kappa shape index (κ2) is 7.69. The van der Waals surface area contributed by atoms with E-state index in [-0.39, 0.29) is 18.0 Å². The number of nitrogens with zero attached hydrogens (tertiary/aromatic N) is 5. The van der Waals surface area contributed by atoms with Crippen LogP contribution in [0.3, 0.4) is 0 Å². The van der Waals surface area contributed by atoms with Gasteiger partial charge in [-0.15, -0.1) is 5.10 Å². The predicted octanol–water partition coefficient (Wildman–Crippen LogP) is 3.59. The Morgan fingerprint density at radius 2 is 2.03 bits per heavy atom. The van der Waals surface area contributed by atoms with Crippen molar-refractivity contribution in [1.82, 2.24) is 24.6 Å². The molecule has 1 aromatic carbocycles. The summed E-state index contributed by atoms with van der Waals surface area (Å²) in [5.41, 5.74) is 10.4. The second-order valence-corrected chi connectivity index (χ2v) is 7.35. The van der Waals surface area contributed by atoms with E-state index in [1.165, 1.54) is 5.06 Å². The van der Waals surface area contributed by atoms with Crippen molar-refractivity contribution in [2.45, 2.75) is 19.4 Å². The number of hydrogen-bond acceptors (Lipinski definition) is 6. The van der Waals surface area contributed by atoms with Crippen molar-refractivity contribution in [3.8, 4) is 11.1 Å². The lowest BCUT2D eigenvalue weighted by molar-refractivity contribution is -0.0829. The molecule has 2 amide bonds. The number of nitrogens with one attached hydrogen (secondary N) is 1. The van der Waals surface area contributed by atoms with Crippen LogP contribution in [-0.4, -0.2) is 37.3 Å². The van der Waals surface area contributed by atoms with E-state index in [4.69, 9.17) is 10.6 Å². The topological polar surface area (TPSA) is 111 Å². The first-order valence-electron chi connectivity index (χ1n) is 9.95. The van der Waals surface area contributed by atoms with Crippen molar-refractivity contribution < 1.29 is 9.63 Å². The number of aryl methyl sites for hydroxylation is 1. The highest BCUT2D eigenvalue weighted by Crippen LogP contribution is 2.31. The third kappa shape index (κ3) is 3.66. The van der Waals surface area contributed by atoms with Gasteiger partial charge in [0.15, 0.2) is 5.65 Å². The molecule has 1 saturated heterocycles. The molecule has 9 nitrogen and oxygen atoms in total. The molecule has 4 aromatic rings. The monoisotopic (exact) mass is 415 g/mol. The van der Waals surface area contributed by atoms with Gasteiger partial charge in [-0.3, -0.25) is 9.82 Å². The van der Waals surface area contributed by atoms with E-state index in [0.29, 0.717) is 23.6 Å². The van der Waals surface area contributed by atoms with Crippen molar-refractivity contribution in [3.63, 3.8) is 0 Å². The van der Waals surface area contributed by atoms with Gasteiger partial charge in [0.05, 0.1) is 24.0 Å². The van der Waals surface area contributed by atoms with E-state index in [9.17, 15) is 4.79 Å². The number of amides is 2. The summed E-state index contributed by atoms with van der Waals surface area (Å²) < 4.78 is 1.61. The van der Waals surface area contributed by atoms with Gasteiger partial charge in [-0.1, -0.05) is 30.3 Å². The maximum atomic E-state index is 13.0. The number of nitrogens with two attached hydrogens (primary N) is 1. The zero-order valence-electron chi connectivity index (χ0n) is 16.9. The average molecular weight is 415 g/mol. The van der Waals surface area contributed by atoms with Gasteiger partial charge in [0.1, 0.15) is 0 Å². The zero-order chi connectivity index (χ0) is 21.4. The number of benzene rings is 1. The summed E-state index contributed by atoms with van der Waals surface area (Å²) in [5.74, 6) is 0.214. The molecular formula is C22H21N7O2. The third-order valence-corrected chi connectivity index (χ3v) is 5.31. The SMILES string of the molecule is Cc1ncc(-c2ccn3nc(N)nc3c2)cc1NC(=O)N1OCC[C@H]1c1ccccc1. The first kappa shape index (κ1) is 19.0. The Morgan fingerprint density at radius 1 is 1.19 bits per heavy atom. The van der Waals surface area contributed by atoms with Crippen LogP contribution in [0.25, 0.3) is 16.8 Å². The number of anilines is 2. The number of hydrogen-bond donors (Lipinski definition) is 2. The molecule has 1 aliphatic heterocycles. The predicted molar refractivity (Wildman–Crippen MR) is 116 cm³/mol. The molecule has 9 heteroatoms. The molecule has 0 radical (unpaired) electrons. The van der Waals surface area contributed by atoms with Gasteiger partial charge in [0.2, 0.25) is 5.95 Å². The van der Waals surface area contributed by atoms with Crippen LogP contribution < -0.4 is 11.1 Å². The number of fused-ring (bicyclic) bond motifs is 1. The Balaban J connectivity index is 1.40. The molecule has 0 bridgehead atoms. The van der Waals surface area contributed by atoms with Crippen LogP contribution in [0.5, 0.6) is 0 Å². The maximum absolute atomic E-state index is 13.0. The van der Waals surface area contributed by atoms with Crippen molar-refractivity contribution in [3.05, 3.63) is 72.2 Å². The minimum absolute atomic E-state index is 0.126. The summed E-state index contributed by atoms with van der Waals surface area (Å²) in [6.07, 6.45) is 4.29. The Bertz CT molecular complexity index is 1260. The first-order valence-corrected chi connectivity index (χ1v) is 9.95. The van der Waals surface area contributed by atoms with Gasteiger partial charge in [0, 0.05) is 24.4 Å². The number of aromatic nitrogens is 4. The number of rotatable bonds is 3. The third-order valence-electron chi connectivity index (χ3n) is 5.31. The summed E-state index contributed by atoms with van der Waals surface area (Å²) >= 11 is 0. The van der Waals surface area contributed by atoms with Crippen molar-refractivity contribution in [2.24, 2.45) is 0 Å². The summed E-state index contributed by atoms with van der Waals surface area (Å²) in [4.78, 5) is 27.3. The number of carbonyl (C=O) groups is 1. The fourth-order valence-corrected chi connectivity index (χ4v) is 3.71. The number of hydroxylamine groups is 2. The average Bonchev–Trinajstić information content (AvgIpc) is 3.41. The van der Waals surface area contributed by atoms with Crippen LogP contribution in [0.15, 0.2) is 60.9 Å². The highest BCUT2D eigenvalue weighted by atomic mass is 16.7. The molecule has 0 aliphatic carbocycles. The van der Waals surface area contributed by atoms with Crippen LogP contribution >= 0.6 is 0 Å². The molecule has 0 unspecified atom stereocenters. The summed E-state index contributed by atoms with van der Waals surface area (Å²) in [6.45, 7) is 2.34. The van der Waals surface area contributed by atoms with Crippen LogP contribution in [0.4, 0.5) is 16.4 Å². The molecule has 5 rings (SSSR count). The molecular weight excluding hydrogens is 394 g/mol. The quantitative estimate of drug-likeness (QED) is 0.529. The number of carbonyl (C=O) groups excluding carboxylic acids is 1. The molecule has 1 fully saturated rings. The van der Waals surface area contributed by atoms with Gasteiger partial charge in [0.25, 0.3) is 0 Å². The van der Waals surface area contributed by atoms with Gasteiger partial charge in [-0.25, -0.2) is 9.31 Å². The van der Waals surface area contributed by atoms with E-state index >= 15 is 0 Å². The lowest BCUT2D eigenvalue weighted by Gasteiger charge is -2.23. The Kier molecular flexibility index (Phi) is 4.72. The highest BCUT2D eigenvalue weighted by Gasteiger charge is 2.32. The minimum atomic E-state index is -0.325. The first-order chi connectivity index (χ1) is 15.1. The van der Waals surface area contributed by atoms with Gasteiger partial charge in [-0.2, -0.15) is 10.0 Å². The largest absolute Gasteiger partial charge is 0.366 e. The molecule has 3 N–H and O–H groups in total. The van der Waals surface area contributed by atoms with E-state index < -0.39 is 0 Å². The summed E-state index contributed by atoms with van der Waals surface area (Å²) in [5, 5.41) is 8.45. The molecule has 156 valence electrons. The van der Waals surface area contributed by atoms with Gasteiger partial charge < -0.3 is 11.1 Å². The van der Waals surface area contributed by atoms with E-state index in [1.807, 2.05) is 55.5 Å². The van der Waals surface area contributed by atoms with Crippen LogP contribution in [0.2, 0.25) is 0 Å². The van der Waals surface area contributed by atoms with E-state index in [2.05, 4.69) is 20.4 Å². The minimum Gasteiger partial charge on any atom is -0.366 e. The second-order valence-electron chi connectivity index (χ2n) is 7.35. The van der Waals surface area contributed by atoms with Crippen molar-refractivity contribution in [2.75, 3.05) is 17.7 Å². The number of nitrogen functional groups attached to an aromatic ring is 1. The highest BCUT2D eigenvalue weighted by molar-refractivity contribution is 5.90. The fraction of sp³-hybridized carbons (Fsp3) is 0.182. The number of pyridine rings is 2. The number of urea groups is 1. The molecule has 0 saturated carbocycles. The molecule has 31 heavy (non-hydrogen) atoms. The molecule has 0 spiro atoms. The van der Waals surface area contributed by atoms with Crippen molar-refractivity contribution in [1.29, 1.82) is 0 Å². The Morgan fingerprint density at radius 3 is 2.87 bits per heavy atom. The molecule has 4 heterocycles. The Labute approximate surface area is 178 Å². The van der Waals surface area contributed by atoms with Crippen LogP contribution in [0, 0.1) is 6.92 Å². The summed E-state index contributed by atoms with van der Waals surface area (Å²) in [6, 6.07) is 15.1.